The fourth-order valence-electron chi connectivity index (χ4n) is 5.05. The van der Waals surface area contributed by atoms with Gasteiger partial charge in [-0.15, -0.1) is 0 Å². The van der Waals surface area contributed by atoms with Crippen LogP contribution in [0.15, 0.2) is 11.1 Å². The number of carbonyl (C=O) groups is 1. The molecule has 0 aliphatic heterocycles. The van der Waals surface area contributed by atoms with Gasteiger partial charge in [0, 0.05) is 5.92 Å². The summed E-state index contributed by atoms with van der Waals surface area (Å²) in [5.74, 6) is 1.31. The van der Waals surface area contributed by atoms with E-state index in [9.17, 15) is 4.79 Å². The van der Waals surface area contributed by atoms with Gasteiger partial charge in [-0.25, -0.2) is 0 Å². The van der Waals surface area contributed by atoms with E-state index < -0.39 is 0 Å². The van der Waals surface area contributed by atoms with Crippen molar-refractivity contribution >= 4 is 5.97 Å². The monoisotopic (exact) mass is 318 g/mol. The van der Waals surface area contributed by atoms with E-state index >= 15 is 0 Å². The summed E-state index contributed by atoms with van der Waals surface area (Å²) in [6.45, 7) is 13.2. The Morgan fingerprint density at radius 2 is 1.74 bits per heavy atom. The molecule has 2 heteroatoms. The summed E-state index contributed by atoms with van der Waals surface area (Å²) in [5.41, 5.74) is 3.51. The minimum absolute atomic E-state index is 0.0151. The summed E-state index contributed by atoms with van der Waals surface area (Å²) < 4.78 is 6.11. The van der Waals surface area contributed by atoms with Crippen LogP contribution in [0.5, 0.6) is 0 Å². The predicted molar refractivity (Wildman–Crippen MR) is 94.0 cm³/mol. The maximum Gasteiger partial charge on any atom is 0.309 e. The van der Waals surface area contributed by atoms with E-state index in [0.29, 0.717) is 5.92 Å². The predicted octanol–water partition coefficient (Wildman–Crippen LogP) is 5.52. The molecule has 0 amide bonds. The number of ether oxygens (including phenoxy) is 1. The number of allylic oxidation sites excluding steroid dienone is 1. The molecule has 0 radical (unpaired) electrons. The Hall–Kier alpha value is -0.790. The standard InChI is InChI=1S/C21H34O2/c1-20(2,3)12-17(21(4,5)6)19(22)23-18-11-13-10-16(18)15-9-7-8-14(13)15/h13,16-18H,7-12H2,1-6H3. The highest BCUT2D eigenvalue weighted by Crippen LogP contribution is 2.55. The average molecular weight is 319 g/mol. The molecule has 0 saturated heterocycles. The van der Waals surface area contributed by atoms with Crippen LogP contribution in [0.2, 0.25) is 0 Å². The van der Waals surface area contributed by atoms with Gasteiger partial charge >= 0.3 is 5.97 Å². The second kappa shape index (κ2) is 5.63. The van der Waals surface area contributed by atoms with E-state index in [0.717, 1.165) is 18.8 Å². The maximum absolute atomic E-state index is 13.0. The molecule has 3 aliphatic rings. The van der Waals surface area contributed by atoms with Crippen LogP contribution in [0.1, 0.15) is 80.1 Å². The van der Waals surface area contributed by atoms with E-state index in [1.165, 1.54) is 25.7 Å². The molecule has 4 unspecified atom stereocenters. The van der Waals surface area contributed by atoms with E-state index in [2.05, 4.69) is 41.5 Å². The normalized spacial score (nSPS) is 31.5. The molecule has 3 rings (SSSR count). The topological polar surface area (TPSA) is 26.3 Å². The number of fused-ring (bicyclic) bond motifs is 4. The third-order valence-corrected chi connectivity index (χ3v) is 6.16. The minimum Gasteiger partial charge on any atom is -0.461 e. The number of rotatable bonds is 3. The van der Waals surface area contributed by atoms with E-state index in [-0.39, 0.29) is 28.8 Å². The molecule has 1 fully saturated rings. The van der Waals surface area contributed by atoms with Gasteiger partial charge in [0.2, 0.25) is 0 Å². The van der Waals surface area contributed by atoms with Crippen molar-refractivity contribution < 1.29 is 9.53 Å². The molecule has 0 aromatic rings. The van der Waals surface area contributed by atoms with Crippen molar-refractivity contribution in [3.05, 3.63) is 11.1 Å². The zero-order valence-corrected chi connectivity index (χ0v) is 15.9. The zero-order valence-electron chi connectivity index (χ0n) is 15.9. The van der Waals surface area contributed by atoms with Crippen molar-refractivity contribution in [3.63, 3.8) is 0 Å². The summed E-state index contributed by atoms with van der Waals surface area (Å²) in [6, 6.07) is 0. The zero-order chi connectivity index (χ0) is 17.0. The summed E-state index contributed by atoms with van der Waals surface area (Å²) >= 11 is 0. The van der Waals surface area contributed by atoms with Gasteiger partial charge in [-0.2, -0.15) is 0 Å². The first-order valence-corrected chi connectivity index (χ1v) is 9.48. The van der Waals surface area contributed by atoms with Gasteiger partial charge in [-0.05, 0) is 55.3 Å². The lowest BCUT2D eigenvalue weighted by Gasteiger charge is -2.35. The highest BCUT2D eigenvalue weighted by atomic mass is 16.5. The van der Waals surface area contributed by atoms with Gasteiger partial charge in [0.05, 0.1) is 5.92 Å². The number of hydrogen-bond acceptors (Lipinski definition) is 2. The lowest BCUT2D eigenvalue weighted by Crippen LogP contribution is -2.37. The van der Waals surface area contributed by atoms with Crippen molar-refractivity contribution in [2.24, 2.45) is 28.6 Å². The lowest BCUT2D eigenvalue weighted by molar-refractivity contribution is -0.161. The first-order chi connectivity index (χ1) is 10.6. The Labute approximate surface area is 142 Å². The van der Waals surface area contributed by atoms with Gasteiger partial charge in [0.25, 0.3) is 0 Å². The Balaban J connectivity index is 1.68. The van der Waals surface area contributed by atoms with Crippen molar-refractivity contribution in [1.29, 1.82) is 0 Å². The molecule has 3 aliphatic carbocycles. The van der Waals surface area contributed by atoms with E-state index in [4.69, 9.17) is 4.74 Å². The number of esters is 1. The minimum atomic E-state index is -0.0419. The van der Waals surface area contributed by atoms with Gasteiger partial charge < -0.3 is 4.74 Å². The third kappa shape index (κ3) is 3.37. The Morgan fingerprint density at radius 1 is 1.09 bits per heavy atom. The average Bonchev–Trinajstić information content (AvgIpc) is 3.04. The summed E-state index contributed by atoms with van der Waals surface area (Å²) in [4.78, 5) is 13.0. The number of hydrogen-bond donors (Lipinski definition) is 0. The van der Waals surface area contributed by atoms with E-state index in [1.54, 1.807) is 11.1 Å². The maximum atomic E-state index is 13.0. The van der Waals surface area contributed by atoms with Crippen LogP contribution in [-0.2, 0) is 9.53 Å². The molecular weight excluding hydrogens is 284 g/mol. The van der Waals surface area contributed by atoms with Crippen molar-refractivity contribution in [1.82, 2.24) is 0 Å². The molecule has 2 bridgehead atoms. The van der Waals surface area contributed by atoms with Gasteiger partial charge in [0.1, 0.15) is 6.10 Å². The van der Waals surface area contributed by atoms with Crippen LogP contribution in [0.25, 0.3) is 0 Å². The smallest absolute Gasteiger partial charge is 0.309 e. The number of carbonyl (C=O) groups excluding carboxylic acids is 1. The van der Waals surface area contributed by atoms with Gasteiger partial charge in [0.15, 0.2) is 0 Å². The van der Waals surface area contributed by atoms with Crippen LogP contribution < -0.4 is 0 Å². The quantitative estimate of drug-likeness (QED) is 0.506. The highest BCUT2D eigenvalue weighted by Gasteiger charge is 2.49. The Kier molecular flexibility index (Phi) is 4.18. The molecular formula is C21H34O2. The van der Waals surface area contributed by atoms with Gasteiger partial charge in [-0.1, -0.05) is 52.7 Å². The molecule has 1 saturated carbocycles. The fourth-order valence-corrected chi connectivity index (χ4v) is 5.05. The van der Waals surface area contributed by atoms with Crippen LogP contribution in [-0.4, -0.2) is 12.1 Å². The molecule has 0 aromatic carbocycles. The van der Waals surface area contributed by atoms with Gasteiger partial charge in [-0.3, -0.25) is 4.79 Å². The van der Waals surface area contributed by atoms with Crippen LogP contribution in [0.4, 0.5) is 0 Å². The Bertz CT molecular complexity index is 515. The largest absolute Gasteiger partial charge is 0.461 e. The molecule has 2 nitrogen and oxygen atoms in total. The SMILES string of the molecule is CC(C)(C)CC(C(=O)OC1CC2CC1C1=C2CCC1)C(C)(C)C. The van der Waals surface area contributed by atoms with Crippen LogP contribution >= 0.6 is 0 Å². The second-order valence-electron chi connectivity index (χ2n) is 10.3. The fraction of sp³-hybridized carbons (Fsp3) is 0.857. The molecule has 130 valence electrons. The summed E-state index contributed by atoms with van der Waals surface area (Å²) in [6.07, 6.45) is 7.29. The molecule has 0 N–H and O–H groups in total. The molecule has 4 atom stereocenters. The molecule has 0 aromatic heterocycles. The summed E-state index contributed by atoms with van der Waals surface area (Å²) in [7, 11) is 0. The highest BCUT2D eigenvalue weighted by molar-refractivity contribution is 5.73. The van der Waals surface area contributed by atoms with Crippen molar-refractivity contribution in [3.8, 4) is 0 Å². The van der Waals surface area contributed by atoms with E-state index in [1.807, 2.05) is 0 Å². The first-order valence-electron chi connectivity index (χ1n) is 9.48. The molecule has 0 spiro atoms. The molecule has 23 heavy (non-hydrogen) atoms. The summed E-state index contributed by atoms with van der Waals surface area (Å²) in [5, 5.41) is 0. The Morgan fingerprint density at radius 3 is 2.35 bits per heavy atom. The van der Waals surface area contributed by atoms with Crippen molar-refractivity contribution in [2.45, 2.75) is 86.2 Å². The van der Waals surface area contributed by atoms with Crippen LogP contribution in [0, 0.1) is 28.6 Å². The second-order valence-corrected chi connectivity index (χ2v) is 10.3. The first kappa shape index (κ1) is 17.0. The van der Waals surface area contributed by atoms with Crippen LogP contribution in [0.3, 0.4) is 0 Å². The third-order valence-electron chi connectivity index (χ3n) is 6.16. The molecule has 0 heterocycles. The lowest BCUT2D eigenvalue weighted by atomic mass is 9.72. The van der Waals surface area contributed by atoms with Crippen molar-refractivity contribution in [2.75, 3.05) is 0 Å².